The minimum absolute atomic E-state index is 0.00843. The van der Waals surface area contributed by atoms with E-state index < -0.39 is 0 Å². The predicted molar refractivity (Wildman–Crippen MR) is 104 cm³/mol. The number of anilines is 1. The highest BCUT2D eigenvalue weighted by molar-refractivity contribution is 6.17. The van der Waals surface area contributed by atoms with Gasteiger partial charge in [0.25, 0.3) is 0 Å². The number of aliphatic hydroxyl groups is 1. The molecule has 0 saturated carbocycles. The Morgan fingerprint density at radius 3 is 2.54 bits per heavy atom. The van der Waals surface area contributed by atoms with E-state index in [9.17, 15) is 9.90 Å². The lowest BCUT2D eigenvalue weighted by molar-refractivity contribution is -0.105. The summed E-state index contributed by atoms with van der Waals surface area (Å²) in [5.74, 6) is 0. The van der Waals surface area contributed by atoms with Crippen LogP contribution in [0.1, 0.15) is 17.5 Å². The van der Waals surface area contributed by atoms with Crippen LogP contribution >= 0.6 is 0 Å². The maximum absolute atomic E-state index is 11.5. The molecular formula is C22H18N2O2. The number of benzene rings is 2. The molecule has 0 atom stereocenters. The van der Waals surface area contributed by atoms with Gasteiger partial charge in [-0.05, 0) is 36.3 Å². The van der Waals surface area contributed by atoms with Gasteiger partial charge >= 0.3 is 0 Å². The largest absolute Gasteiger partial charge is 0.392 e. The van der Waals surface area contributed by atoms with Crippen LogP contribution < -0.4 is 5.01 Å². The van der Waals surface area contributed by atoms with Crippen molar-refractivity contribution in [2.75, 3.05) is 5.01 Å². The third-order valence-electron chi connectivity index (χ3n) is 4.53. The fraction of sp³-hybridized carbons (Fsp3) is 0.0909. The molecule has 2 aromatic carbocycles. The second-order valence-electron chi connectivity index (χ2n) is 6.18. The van der Waals surface area contributed by atoms with E-state index in [0.29, 0.717) is 6.42 Å². The number of fused-ring (bicyclic) bond motifs is 1. The molecule has 1 heterocycles. The van der Waals surface area contributed by atoms with Gasteiger partial charge in [-0.15, -0.1) is 0 Å². The monoisotopic (exact) mass is 342 g/mol. The zero-order valence-electron chi connectivity index (χ0n) is 14.2. The van der Waals surface area contributed by atoms with Crippen molar-refractivity contribution in [1.29, 1.82) is 0 Å². The van der Waals surface area contributed by atoms with Crippen molar-refractivity contribution in [1.82, 2.24) is 0 Å². The van der Waals surface area contributed by atoms with Gasteiger partial charge in [0.1, 0.15) is 6.29 Å². The fourth-order valence-corrected chi connectivity index (χ4v) is 3.14. The van der Waals surface area contributed by atoms with Crippen LogP contribution in [0.25, 0.3) is 5.70 Å². The van der Waals surface area contributed by atoms with E-state index >= 15 is 0 Å². The van der Waals surface area contributed by atoms with Crippen molar-refractivity contribution in [3.05, 3.63) is 95.1 Å². The average Bonchev–Trinajstić information content (AvgIpc) is 2.73. The van der Waals surface area contributed by atoms with Gasteiger partial charge in [-0.1, -0.05) is 48.5 Å². The molecular weight excluding hydrogens is 324 g/mol. The zero-order chi connectivity index (χ0) is 17.9. The van der Waals surface area contributed by atoms with Crippen LogP contribution in [0.4, 0.5) is 5.69 Å². The molecule has 1 aliphatic heterocycles. The van der Waals surface area contributed by atoms with Crippen LogP contribution in [0.2, 0.25) is 0 Å². The van der Waals surface area contributed by atoms with Crippen LogP contribution in [-0.4, -0.2) is 17.1 Å². The number of aldehydes is 1. The molecule has 128 valence electrons. The summed E-state index contributed by atoms with van der Waals surface area (Å²) in [6.07, 6.45) is 7.49. The lowest BCUT2D eigenvalue weighted by Crippen LogP contribution is -2.24. The first-order valence-corrected chi connectivity index (χ1v) is 8.51. The highest BCUT2D eigenvalue weighted by Crippen LogP contribution is 2.34. The van der Waals surface area contributed by atoms with Crippen LogP contribution in [-0.2, 0) is 11.4 Å². The van der Waals surface area contributed by atoms with Crippen molar-refractivity contribution < 1.29 is 9.90 Å². The van der Waals surface area contributed by atoms with E-state index in [1.165, 1.54) is 0 Å². The summed E-state index contributed by atoms with van der Waals surface area (Å²) in [6, 6.07) is 17.6. The highest BCUT2D eigenvalue weighted by Gasteiger charge is 2.24. The maximum atomic E-state index is 11.5. The topological polar surface area (TPSA) is 52.9 Å². The van der Waals surface area contributed by atoms with Gasteiger partial charge in [-0.2, -0.15) is 5.10 Å². The molecule has 4 heteroatoms. The summed E-state index contributed by atoms with van der Waals surface area (Å²) in [4.78, 5) is 11.5. The Balaban J connectivity index is 1.86. The quantitative estimate of drug-likeness (QED) is 0.859. The molecule has 0 bridgehead atoms. The first-order chi connectivity index (χ1) is 12.8. The number of nitrogens with zero attached hydrogens (tertiary/aromatic N) is 2. The van der Waals surface area contributed by atoms with Gasteiger partial charge in [0.15, 0.2) is 0 Å². The van der Waals surface area contributed by atoms with Crippen LogP contribution in [0, 0.1) is 0 Å². The molecule has 0 unspecified atom stereocenters. The van der Waals surface area contributed by atoms with Gasteiger partial charge in [-0.3, -0.25) is 4.79 Å². The summed E-state index contributed by atoms with van der Waals surface area (Å²) in [5, 5.41) is 16.0. The number of hydrazone groups is 1. The molecule has 2 aliphatic rings. The van der Waals surface area contributed by atoms with Crippen molar-refractivity contribution in [2.45, 2.75) is 13.0 Å². The Morgan fingerprint density at radius 1 is 1.08 bits per heavy atom. The first kappa shape index (κ1) is 16.2. The summed E-state index contributed by atoms with van der Waals surface area (Å²) in [7, 11) is 0. The average molecular weight is 342 g/mol. The lowest BCUT2D eigenvalue weighted by Gasteiger charge is -2.29. The second kappa shape index (κ2) is 6.94. The first-order valence-electron chi connectivity index (χ1n) is 8.51. The summed E-state index contributed by atoms with van der Waals surface area (Å²) < 4.78 is 0. The number of allylic oxidation sites excluding steroid dienone is 5. The van der Waals surface area contributed by atoms with Gasteiger partial charge in [0.05, 0.1) is 23.7 Å². The Kier molecular flexibility index (Phi) is 4.33. The molecule has 4 nitrogen and oxygen atoms in total. The standard InChI is InChI=1S/C22H18N2O2/c25-14-16-9-11-19(12-10-16)24-22(17-5-2-1-3-6-17)13-20-18(15-26)7-4-8-21(20)23-24/h1-6,8-13,15,25H,7,14H2. The van der Waals surface area contributed by atoms with Crippen molar-refractivity contribution >= 4 is 23.4 Å². The van der Waals surface area contributed by atoms with Crippen LogP contribution in [0.5, 0.6) is 0 Å². The molecule has 0 amide bonds. The van der Waals surface area contributed by atoms with Gasteiger partial charge in [0, 0.05) is 16.7 Å². The number of aliphatic hydroxyl groups excluding tert-OH is 1. The highest BCUT2D eigenvalue weighted by atomic mass is 16.3. The molecule has 0 spiro atoms. The lowest BCUT2D eigenvalue weighted by atomic mass is 9.93. The number of hydrogen-bond donors (Lipinski definition) is 1. The van der Waals surface area contributed by atoms with E-state index in [-0.39, 0.29) is 6.61 Å². The molecule has 1 N–H and O–H groups in total. The normalized spacial score (nSPS) is 16.1. The van der Waals surface area contributed by atoms with E-state index in [0.717, 1.165) is 45.7 Å². The number of carbonyl (C=O) groups excluding carboxylic acids is 1. The molecule has 0 fully saturated rings. The van der Waals surface area contributed by atoms with Crippen molar-refractivity contribution in [3.63, 3.8) is 0 Å². The summed E-state index contributed by atoms with van der Waals surface area (Å²) in [6.45, 7) is 0.00843. The summed E-state index contributed by atoms with van der Waals surface area (Å²) >= 11 is 0. The molecule has 0 saturated heterocycles. The van der Waals surface area contributed by atoms with E-state index in [1.807, 2.05) is 77.8 Å². The van der Waals surface area contributed by atoms with Crippen LogP contribution in [0.15, 0.2) is 89.1 Å². The Hall–Kier alpha value is -3.24. The molecule has 2 aromatic rings. The fourth-order valence-electron chi connectivity index (χ4n) is 3.14. The molecule has 4 rings (SSSR count). The van der Waals surface area contributed by atoms with Gasteiger partial charge in [-0.25, -0.2) is 5.01 Å². The summed E-state index contributed by atoms with van der Waals surface area (Å²) in [5.41, 5.74) is 6.09. The third kappa shape index (κ3) is 2.91. The SMILES string of the molecule is O=CC1=C2C=C(c3ccccc3)N(c3ccc(CO)cc3)N=C2C=CC1. The Morgan fingerprint density at radius 2 is 1.85 bits per heavy atom. The van der Waals surface area contributed by atoms with Gasteiger partial charge in [0.2, 0.25) is 0 Å². The van der Waals surface area contributed by atoms with E-state index in [1.54, 1.807) is 0 Å². The maximum Gasteiger partial charge on any atom is 0.147 e. The number of hydrogen-bond acceptors (Lipinski definition) is 4. The van der Waals surface area contributed by atoms with Crippen molar-refractivity contribution in [3.8, 4) is 0 Å². The van der Waals surface area contributed by atoms with Crippen LogP contribution in [0.3, 0.4) is 0 Å². The second-order valence-corrected chi connectivity index (χ2v) is 6.18. The van der Waals surface area contributed by atoms with E-state index in [2.05, 4.69) is 0 Å². The molecule has 1 aliphatic carbocycles. The third-order valence-corrected chi connectivity index (χ3v) is 4.53. The molecule has 0 aromatic heterocycles. The molecule has 26 heavy (non-hydrogen) atoms. The minimum Gasteiger partial charge on any atom is -0.392 e. The van der Waals surface area contributed by atoms with Gasteiger partial charge < -0.3 is 5.11 Å². The zero-order valence-corrected chi connectivity index (χ0v) is 14.2. The smallest absolute Gasteiger partial charge is 0.147 e. The Bertz CT molecular complexity index is 951. The minimum atomic E-state index is 0.00843. The predicted octanol–water partition coefficient (Wildman–Crippen LogP) is 3.85. The van der Waals surface area contributed by atoms with E-state index in [4.69, 9.17) is 5.10 Å². The Labute approximate surface area is 152 Å². The number of rotatable bonds is 4. The van der Waals surface area contributed by atoms with Crippen molar-refractivity contribution in [2.24, 2.45) is 5.10 Å². The number of carbonyl (C=O) groups is 1. The molecule has 0 radical (unpaired) electrons.